The largest absolute Gasteiger partial charge is 0.480 e. The third kappa shape index (κ3) is 5.30. The molecule has 3 aromatic rings. The topological polar surface area (TPSA) is 105 Å². The number of nitrogens with one attached hydrogen (secondary N) is 2. The van der Waals surface area contributed by atoms with E-state index in [-0.39, 0.29) is 34.7 Å². The van der Waals surface area contributed by atoms with Gasteiger partial charge in [-0.15, -0.1) is 0 Å². The van der Waals surface area contributed by atoms with E-state index in [1.807, 2.05) is 36.4 Å². The highest BCUT2D eigenvalue weighted by atomic mass is 35.5. The van der Waals surface area contributed by atoms with Crippen LogP contribution in [0.15, 0.2) is 66.7 Å². The summed E-state index contributed by atoms with van der Waals surface area (Å²) in [6.07, 6.45) is -0.689. The second kappa shape index (κ2) is 10.2. The molecule has 0 aliphatic heterocycles. The van der Waals surface area contributed by atoms with Crippen molar-refractivity contribution in [2.75, 3.05) is 11.9 Å². The summed E-state index contributed by atoms with van der Waals surface area (Å²) < 4.78 is 5.54. The predicted octanol–water partition coefficient (Wildman–Crippen LogP) is 5.54. The van der Waals surface area contributed by atoms with Crippen LogP contribution in [0.5, 0.6) is 0 Å². The van der Waals surface area contributed by atoms with Crippen LogP contribution in [0.3, 0.4) is 0 Å². The lowest BCUT2D eigenvalue weighted by Crippen LogP contribution is -2.44. The van der Waals surface area contributed by atoms with E-state index < -0.39 is 24.0 Å². The number of anilines is 1. The fourth-order valence-electron chi connectivity index (χ4n) is 4.28. The number of carbonyl (C=O) groups is 3. The van der Waals surface area contributed by atoms with Crippen LogP contribution in [-0.4, -0.2) is 35.7 Å². The molecule has 1 atom stereocenters. The van der Waals surface area contributed by atoms with Crippen molar-refractivity contribution in [2.24, 2.45) is 5.92 Å². The maximum atomic E-state index is 12.6. The minimum absolute atomic E-state index is 0.0853. The van der Waals surface area contributed by atoms with Gasteiger partial charge in [-0.25, -0.2) is 9.59 Å². The maximum Gasteiger partial charge on any atom is 0.411 e. The Morgan fingerprint density at radius 3 is 2.14 bits per heavy atom. The number of aliphatic carboxylic acids is 1. The molecule has 0 radical (unpaired) electrons. The van der Waals surface area contributed by atoms with Gasteiger partial charge in [0.1, 0.15) is 12.6 Å². The van der Waals surface area contributed by atoms with E-state index >= 15 is 0 Å². The second-order valence-electron chi connectivity index (χ2n) is 8.71. The smallest absolute Gasteiger partial charge is 0.411 e. The molecule has 1 aliphatic rings. The molecule has 0 saturated heterocycles. The number of fused-ring (bicyclic) bond motifs is 3. The van der Waals surface area contributed by atoms with Gasteiger partial charge < -0.3 is 15.2 Å². The number of carboxylic acid groups (broad SMARTS) is 1. The highest BCUT2D eigenvalue weighted by Gasteiger charge is 2.29. The zero-order chi connectivity index (χ0) is 25.1. The standard InChI is InChI=1S/C27H25ClN2O5/c1-15(2)24(26(32)33)30-25(31)16-11-17(28)13-18(12-16)29-27(34)35-14-23-21-9-5-3-7-19(21)20-8-4-6-10-22(20)23/h3-13,15,23-24H,14H2,1-2H3,(H,29,34)(H,30,31)(H,32,33)/t24-/m0/s1. The van der Waals surface area contributed by atoms with Crippen molar-refractivity contribution in [1.29, 1.82) is 0 Å². The fourth-order valence-corrected chi connectivity index (χ4v) is 4.52. The van der Waals surface area contributed by atoms with Crippen molar-refractivity contribution in [1.82, 2.24) is 5.32 Å². The summed E-state index contributed by atoms with van der Waals surface area (Å²) in [5, 5.41) is 14.6. The van der Waals surface area contributed by atoms with Crippen LogP contribution >= 0.6 is 11.6 Å². The maximum absolute atomic E-state index is 12.6. The lowest BCUT2D eigenvalue weighted by molar-refractivity contribution is -0.140. The van der Waals surface area contributed by atoms with Crippen molar-refractivity contribution >= 4 is 35.3 Å². The fraction of sp³-hybridized carbons (Fsp3) is 0.222. The first-order valence-corrected chi connectivity index (χ1v) is 11.6. The molecule has 7 nitrogen and oxygen atoms in total. The summed E-state index contributed by atoms with van der Waals surface area (Å²) in [4.78, 5) is 36.6. The Morgan fingerprint density at radius 2 is 1.57 bits per heavy atom. The molecule has 4 rings (SSSR count). The molecule has 8 heteroatoms. The molecule has 0 aromatic heterocycles. The van der Waals surface area contributed by atoms with Gasteiger partial charge in [-0.2, -0.15) is 0 Å². The van der Waals surface area contributed by atoms with E-state index in [2.05, 4.69) is 22.8 Å². The number of amides is 2. The summed E-state index contributed by atoms with van der Waals surface area (Å²) in [6.45, 7) is 3.53. The van der Waals surface area contributed by atoms with E-state index in [1.165, 1.54) is 18.2 Å². The van der Waals surface area contributed by atoms with E-state index in [9.17, 15) is 19.5 Å². The number of carboxylic acids is 1. The molecule has 0 fully saturated rings. The Labute approximate surface area is 208 Å². The number of hydrogen-bond donors (Lipinski definition) is 3. The average Bonchev–Trinajstić information content (AvgIpc) is 3.14. The molecule has 0 bridgehead atoms. The van der Waals surface area contributed by atoms with Crippen LogP contribution in [0.25, 0.3) is 11.1 Å². The molecule has 0 unspecified atom stereocenters. The monoisotopic (exact) mass is 492 g/mol. The molecule has 0 heterocycles. The van der Waals surface area contributed by atoms with Crippen molar-refractivity contribution in [3.63, 3.8) is 0 Å². The zero-order valence-electron chi connectivity index (χ0n) is 19.2. The van der Waals surface area contributed by atoms with Crippen LogP contribution in [0.4, 0.5) is 10.5 Å². The van der Waals surface area contributed by atoms with Crippen molar-refractivity contribution in [3.05, 3.63) is 88.4 Å². The minimum Gasteiger partial charge on any atom is -0.480 e. The molecule has 1 aliphatic carbocycles. The number of hydrogen-bond acceptors (Lipinski definition) is 4. The third-order valence-electron chi connectivity index (χ3n) is 5.97. The molecule has 0 saturated carbocycles. The first-order valence-electron chi connectivity index (χ1n) is 11.2. The van der Waals surface area contributed by atoms with Crippen LogP contribution in [0, 0.1) is 5.92 Å². The molecule has 3 N–H and O–H groups in total. The summed E-state index contributed by atoms with van der Waals surface area (Å²) in [6, 6.07) is 19.3. The van der Waals surface area contributed by atoms with Crippen molar-refractivity contribution in [3.8, 4) is 11.1 Å². The first kappa shape index (κ1) is 24.3. The van der Waals surface area contributed by atoms with Gasteiger partial charge in [-0.1, -0.05) is 74.0 Å². The van der Waals surface area contributed by atoms with Gasteiger partial charge in [0.05, 0.1) is 0 Å². The molecule has 0 spiro atoms. The average molecular weight is 493 g/mol. The molecular weight excluding hydrogens is 468 g/mol. The van der Waals surface area contributed by atoms with Crippen LogP contribution in [-0.2, 0) is 9.53 Å². The van der Waals surface area contributed by atoms with Crippen LogP contribution < -0.4 is 10.6 Å². The van der Waals surface area contributed by atoms with E-state index in [4.69, 9.17) is 16.3 Å². The molecule has 3 aromatic carbocycles. The van der Waals surface area contributed by atoms with Crippen LogP contribution in [0.1, 0.15) is 41.3 Å². The summed E-state index contributed by atoms with van der Waals surface area (Å²) >= 11 is 6.14. The Hall–Kier alpha value is -3.84. The van der Waals surface area contributed by atoms with Crippen molar-refractivity contribution in [2.45, 2.75) is 25.8 Å². The Kier molecular flexibility index (Phi) is 7.07. The van der Waals surface area contributed by atoms with Gasteiger partial charge in [-0.3, -0.25) is 10.1 Å². The number of benzene rings is 3. The molecular formula is C27H25ClN2O5. The summed E-state index contributed by atoms with van der Waals surface area (Å²) in [7, 11) is 0. The minimum atomic E-state index is -1.13. The van der Waals surface area contributed by atoms with Gasteiger partial charge in [0.2, 0.25) is 0 Å². The normalized spacial score (nSPS) is 13.0. The lowest BCUT2D eigenvalue weighted by Gasteiger charge is -2.18. The lowest BCUT2D eigenvalue weighted by atomic mass is 9.98. The quantitative estimate of drug-likeness (QED) is 0.401. The number of halogens is 1. The van der Waals surface area contributed by atoms with Gasteiger partial charge in [-0.05, 0) is 46.4 Å². The van der Waals surface area contributed by atoms with Gasteiger partial charge in [0.25, 0.3) is 5.91 Å². The highest BCUT2D eigenvalue weighted by molar-refractivity contribution is 6.31. The Morgan fingerprint density at radius 1 is 0.971 bits per heavy atom. The number of ether oxygens (including phenoxy) is 1. The number of rotatable bonds is 7. The Balaban J connectivity index is 1.44. The van der Waals surface area contributed by atoms with Gasteiger partial charge in [0, 0.05) is 22.2 Å². The van der Waals surface area contributed by atoms with Gasteiger partial charge >= 0.3 is 12.1 Å². The summed E-state index contributed by atoms with van der Waals surface area (Å²) in [5.74, 6) is -2.14. The van der Waals surface area contributed by atoms with Crippen molar-refractivity contribution < 1.29 is 24.2 Å². The Bertz CT molecular complexity index is 1240. The van der Waals surface area contributed by atoms with E-state index in [0.29, 0.717) is 0 Å². The van der Waals surface area contributed by atoms with Crippen LogP contribution in [0.2, 0.25) is 5.02 Å². The molecule has 180 valence electrons. The number of carbonyl (C=O) groups excluding carboxylic acids is 2. The second-order valence-corrected chi connectivity index (χ2v) is 9.15. The SMILES string of the molecule is CC(C)[C@H](NC(=O)c1cc(Cl)cc(NC(=O)OCC2c3ccccc3-c3ccccc32)c1)C(=O)O. The first-order chi connectivity index (χ1) is 16.7. The third-order valence-corrected chi connectivity index (χ3v) is 6.19. The predicted molar refractivity (Wildman–Crippen MR) is 134 cm³/mol. The highest BCUT2D eigenvalue weighted by Crippen LogP contribution is 2.44. The molecule has 35 heavy (non-hydrogen) atoms. The van der Waals surface area contributed by atoms with E-state index in [1.54, 1.807) is 13.8 Å². The summed E-state index contributed by atoms with van der Waals surface area (Å²) in [5.41, 5.74) is 4.84. The van der Waals surface area contributed by atoms with E-state index in [0.717, 1.165) is 22.3 Å². The zero-order valence-corrected chi connectivity index (χ0v) is 20.0. The van der Waals surface area contributed by atoms with Gasteiger partial charge in [0.15, 0.2) is 0 Å². The molecule has 2 amide bonds.